The fourth-order valence-electron chi connectivity index (χ4n) is 3.50. The molecule has 0 unspecified atom stereocenters. The second-order valence-corrected chi connectivity index (χ2v) is 9.48. The van der Waals surface area contributed by atoms with E-state index >= 15 is 0 Å². The number of anilines is 1. The molecule has 10 nitrogen and oxygen atoms in total. The highest BCUT2D eigenvalue weighted by Crippen LogP contribution is 2.19. The van der Waals surface area contributed by atoms with Crippen LogP contribution < -0.4 is 5.32 Å². The lowest BCUT2D eigenvalue weighted by Crippen LogP contribution is -2.57. The monoisotopic (exact) mass is 439 g/mol. The molecular formula is C19H29N5O5S. The number of hydrogen-bond donors (Lipinski definition) is 1. The maximum atomic E-state index is 12.9. The fraction of sp³-hybridized carbons (Fsp3) is 0.579. The van der Waals surface area contributed by atoms with Crippen LogP contribution in [0.5, 0.6) is 0 Å². The Morgan fingerprint density at radius 3 is 2.10 bits per heavy atom. The minimum Gasteiger partial charge on any atom is -0.465 e. The maximum absolute atomic E-state index is 12.9. The molecule has 1 aromatic rings. The van der Waals surface area contributed by atoms with E-state index in [1.807, 2.05) is 14.0 Å². The Morgan fingerprint density at radius 2 is 1.53 bits per heavy atom. The number of urea groups is 1. The van der Waals surface area contributed by atoms with Gasteiger partial charge < -0.3 is 19.9 Å². The molecule has 0 saturated carbocycles. The van der Waals surface area contributed by atoms with E-state index in [1.54, 1.807) is 23.1 Å². The van der Waals surface area contributed by atoms with Crippen molar-refractivity contribution in [1.29, 1.82) is 0 Å². The number of nitrogens with one attached hydrogen (secondary N) is 1. The van der Waals surface area contributed by atoms with Crippen LogP contribution in [0.2, 0.25) is 0 Å². The third-order valence-electron chi connectivity index (χ3n) is 5.54. The van der Waals surface area contributed by atoms with Crippen LogP contribution >= 0.6 is 0 Å². The third kappa shape index (κ3) is 4.91. The van der Waals surface area contributed by atoms with E-state index in [-0.39, 0.29) is 19.1 Å². The molecule has 3 rings (SSSR count). The molecule has 1 aromatic carbocycles. The molecule has 0 aliphatic carbocycles. The van der Waals surface area contributed by atoms with E-state index in [4.69, 9.17) is 4.74 Å². The first-order valence-corrected chi connectivity index (χ1v) is 11.3. The largest absolute Gasteiger partial charge is 0.465 e. The second kappa shape index (κ2) is 9.29. The van der Waals surface area contributed by atoms with Gasteiger partial charge in [-0.2, -0.15) is 17.0 Å². The summed E-state index contributed by atoms with van der Waals surface area (Å²) in [5.41, 5.74) is 1.68. The molecule has 2 aliphatic heterocycles. The Hall–Kier alpha value is -2.21. The summed E-state index contributed by atoms with van der Waals surface area (Å²) in [6, 6.07) is 4.63. The second-order valence-electron chi connectivity index (χ2n) is 7.55. The van der Waals surface area contributed by atoms with Crippen LogP contribution in [0.4, 0.5) is 10.5 Å². The molecule has 2 fully saturated rings. The first-order valence-electron chi connectivity index (χ1n) is 9.91. The Morgan fingerprint density at radius 1 is 0.967 bits per heavy atom. The lowest BCUT2D eigenvalue weighted by Gasteiger charge is -2.39. The van der Waals surface area contributed by atoms with Gasteiger partial charge >= 0.3 is 12.0 Å². The first kappa shape index (κ1) is 22.5. The van der Waals surface area contributed by atoms with Crippen molar-refractivity contribution in [3.8, 4) is 0 Å². The number of esters is 1. The summed E-state index contributed by atoms with van der Waals surface area (Å²) < 4.78 is 33.4. The highest BCUT2D eigenvalue weighted by Gasteiger charge is 2.34. The first-order chi connectivity index (χ1) is 14.2. The number of aryl methyl sites for hydroxylation is 1. The van der Waals surface area contributed by atoms with Gasteiger partial charge in [0, 0.05) is 58.0 Å². The van der Waals surface area contributed by atoms with Crippen LogP contribution in [0.25, 0.3) is 0 Å². The summed E-state index contributed by atoms with van der Waals surface area (Å²) in [5, 5.41) is 2.82. The summed E-state index contributed by atoms with van der Waals surface area (Å²) in [4.78, 5) is 28.1. The Kier molecular flexibility index (Phi) is 6.96. The van der Waals surface area contributed by atoms with E-state index in [1.165, 1.54) is 15.7 Å². The highest BCUT2D eigenvalue weighted by molar-refractivity contribution is 7.86. The molecule has 0 atom stereocenters. The molecule has 2 aliphatic rings. The van der Waals surface area contributed by atoms with E-state index in [0.29, 0.717) is 50.5 Å². The average molecular weight is 440 g/mol. The quantitative estimate of drug-likeness (QED) is 0.683. The normalized spacial score (nSPS) is 19.5. The molecule has 166 valence electrons. The number of amides is 2. The Balaban J connectivity index is 1.59. The topological polar surface area (TPSA) is 102 Å². The van der Waals surface area contributed by atoms with Gasteiger partial charge in [0.1, 0.15) is 0 Å². The number of rotatable bonds is 4. The minimum atomic E-state index is -3.51. The molecule has 0 radical (unpaired) electrons. The van der Waals surface area contributed by atoms with Gasteiger partial charge in [0.05, 0.1) is 12.7 Å². The van der Waals surface area contributed by atoms with Gasteiger partial charge in [-0.05, 0) is 31.7 Å². The standard InChI is InChI=1S/C19H29N5O5S/c1-15-4-5-16(18(25)29-3)14-17(15)20-19(26)22-8-12-24(13-9-22)30(27,28)23-10-6-21(2)7-11-23/h4-5,14H,6-13H2,1-3H3,(H,20,26). The van der Waals surface area contributed by atoms with E-state index in [2.05, 4.69) is 10.2 Å². The van der Waals surface area contributed by atoms with Crippen molar-refractivity contribution in [3.63, 3.8) is 0 Å². The summed E-state index contributed by atoms with van der Waals surface area (Å²) >= 11 is 0. The number of carbonyl (C=O) groups excluding carboxylic acids is 2. The predicted molar refractivity (Wildman–Crippen MR) is 113 cm³/mol. The van der Waals surface area contributed by atoms with Gasteiger partial charge in [0.2, 0.25) is 0 Å². The number of likely N-dealkylation sites (N-methyl/N-ethyl adjacent to an activating group) is 1. The molecule has 2 amide bonds. The van der Waals surface area contributed by atoms with Crippen LogP contribution in [0.15, 0.2) is 18.2 Å². The molecule has 2 heterocycles. The summed E-state index contributed by atoms with van der Waals surface area (Å²) in [6.45, 7) is 5.33. The summed E-state index contributed by atoms with van der Waals surface area (Å²) in [6.07, 6.45) is 0. The molecular weight excluding hydrogens is 410 g/mol. The number of nitrogens with zero attached hydrogens (tertiary/aromatic N) is 4. The molecule has 0 aromatic heterocycles. The van der Waals surface area contributed by atoms with Crippen LogP contribution in [0, 0.1) is 6.92 Å². The van der Waals surface area contributed by atoms with Crippen molar-refractivity contribution < 1.29 is 22.7 Å². The lowest BCUT2D eigenvalue weighted by atomic mass is 10.1. The van der Waals surface area contributed by atoms with Crippen molar-refractivity contribution in [1.82, 2.24) is 18.4 Å². The molecule has 0 bridgehead atoms. The van der Waals surface area contributed by atoms with E-state index in [9.17, 15) is 18.0 Å². The number of methoxy groups -OCH3 is 1. The van der Waals surface area contributed by atoms with Crippen molar-refractivity contribution >= 4 is 27.9 Å². The average Bonchev–Trinajstić information content (AvgIpc) is 2.75. The summed E-state index contributed by atoms with van der Waals surface area (Å²) in [7, 11) is -0.233. The molecule has 0 spiro atoms. The lowest BCUT2D eigenvalue weighted by molar-refractivity contribution is 0.0600. The molecule has 2 saturated heterocycles. The van der Waals surface area contributed by atoms with Crippen molar-refractivity contribution in [2.75, 3.05) is 71.8 Å². The third-order valence-corrected chi connectivity index (χ3v) is 7.58. The van der Waals surface area contributed by atoms with Gasteiger partial charge in [0.15, 0.2) is 0 Å². The van der Waals surface area contributed by atoms with E-state index in [0.717, 1.165) is 5.56 Å². The van der Waals surface area contributed by atoms with E-state index < -0.39 is 16.2 Å². The highest BCUT2D eigenvalue weighted by atomic mass is 32.2. The SMILES string of the molecule is COC(=O)c1ccc(C)c(NC(=O)N2CCN(S(=O)(=O)N3CCN(C)CC3)CC2)c1. The molecule has 30 heavy (non-hydrogen) atoms. The zero-order valence-electron chi connectivity index (χ0n) is 17.6. The number of hydrogen-bond acceptors (Lipinski definition) is 6. The van der Waals surface area contributed by atoms with Gasteiger partial charge in [-0.15, -0.1) is 0 Å². The van der Waals surface area contributed by atoms with Crippen LogP contribution in [-0.4, -0.2) is 105 Å². The minimum absolute atomic E-state index is 0.253. The molecule has 1 N–H and O–H groups in total. The number of carbonyl (C=O) groups is 2. The Bertz CT molecular complexity index is 891. The number of benzene rings is 1. The smallest absolute Gasteiger partial charge is 0.337 e. The summed E-state index contributed by atoms with van der Waals surface area (Å²) in [5.74, 6) is -0.478. The number of piperazine rings is 2. The van der Waals surface area contributed by atoms with Crippen LogP contribution in [0.1, 0.15) is 15.9 Å². The fourth-order valence-corrected chi connectivity index (χ4v) is 5.08. The van der Waals surface area contributed by atoms with Crippen LogP contribution in [0.3, 0.4) is 0 Å². The van der Waals surface area contributed by atoms with Gasteiger partial charge in [-0.25, -0.2) is 9.59 Å². The van der Waals surface area contributed by atoms with Gasteiger partial charge in [-0.1, -0.05) is 6.07 Å². The number of ether oxygens (including phenoxy) is 1. The zero-order valence-corrected chi connectivity index (χ0v) is 18.4. The van der Waals surface area contributed by atoms with Crippen molar-refractivity contribution in [2.24, 2.45) is 0 Å². The predicted octanol–water partition coefficient (Wildman–Crippen LogP) is 0.423. The van der Waals surface area contributed by atoms with Crippen molar-refractivity contribution in [3.05, 3.63) is 29.3 Å². The van der Waals surface area contributed by atoms with Crippen molar-refractivity contribution in [2.45, 2.75) is 6.92 Å². The zero-order chi connectivity index (χ0) is 21.9. The molecule has 11 heteroatoms. The van der Waals surface area contributed by atoms with Gasteiger partial charge in [-0.3, -0.25) is 0 Å². The Labute approximate surface area is 177 Å². The van der Waals surface area contributed by atoms with Gasteiger partial charge in [0.25, 0.3) is 10.2 Å². The maximum Gasteiger partial charge on any atom is 0.337 e. The van der Waals surface area contributed by atoms with Crippen LogP contribution in [-0.2, 0) is 14.9 Å².